The number of anilines is 2. The molecular weight excluding hydrogens is 338 g/mol. The number of hydrogen-bond donors (Lipinski definition) is 1. The van der Waals surface area contributed by atoms with Gasteiger partial charge in [-0.2, -0.15) is 8.42 Å². The maximum atomic E-state index is 12.0. The molecule has 0 spiro atoms. The van der Waals surface area contributed by atoms with E-state index >= 15 is 0 Å². The second-order valence-corrected chi connectivity index (χ2v) is 7.80. The van der Waals surface area contributed by atoms with E-state index in [0.29, 0.717) is 22.9 Å². The Morgan fingerprint density at radius 1 is 1.08 bits per heavy atom. The summed E-state index contributed by atoms with van der Waals surface area (Å²) in [6, 6.07) is 13.1. The third-order valence-electron chi connectivity index (χ3n) is 4.43. The summed E-state index contributed by atoms with van der Waals surface area (Å²) in [6.45, 7) is 3.89. The van der Waals surface area contributed by atoms with Crippen molar-refractivity contribution in [3.05, 3.63) is 48.0 Å². The van der Waals surface area contributed by atoms with E-state index in [4.69, 9.17) is 4.74 Å². The molecule has 1 aliphatic heterocycles. The summed E-state index contributed by atoms with van der Waals surface area (Å²) in [7, 11) is -4.25. The van der Waals surface area contributed by atoms with E-state index in [-0.39, 0.29) is 6.42 Å². The third kappa shape index (κ3) is 3.50. The van der Waals surface area contributed by atoms with Crippen LogP contribution in [0.1, 0.15) is 38.7 Å². The number of unbranched alkanes of at least 4 members (excludes halogenated alkanes) is 1. The first-order chi connectivity index (χ1) is 12.0. The van der Waals surface area contributed by atoms with Gasteiger partial charge in [0.25, 0.3) is 10.1 Å². The lowest BCUT2D eigenvalue weighted by Crippen LogP contribution is -2.38. The summed E-state index contributed by atoms with van der Waals surface area (Å²) in [4.78, 5) is 1.66. The molecule has 1 atom stereocenters. The van der Waals surface area contributed by atoms with Crippen LogP contribution >= 0.6 is 0 Å². The van der Waals surface area contributed by atoms with E-state index in [1.54, 1.807) is 24.0 Å². The van der Waals surface area contributed by atoms with Crippen LogP contribution in [0.4, 0.5) is 11.4 Å². The first kappa shape index (κ1) is 17.8. The zero-order chi connectivity index (χ0) is 18.0. The molecule has 0 aromatic heterocycles. The van der Waals surface area contributed by atoms with E-state index in [0.717, 1.165) is 24.8 Å². The Morgan fingerprint density at radius 3 is 2.48 bits per heavy atom. The van der Waals surface area contributed by atoms with Gasteiger partial charge in [-0.15, -0.1) is 0 Å². The molecule has 0 amide bonds. The standard InChI is InChI=1S/C19H23NO4S/c1-3-5-8-14-11-12-16-18(13-14)24-17-10-7-6-9-15(17)20(16)19(4-2)25(21,22)23/h6-7,9-13,19H,3-5,8H2,1-2H3,(H,21,22,23). The van der Waals surface area contributed by atoms with Crippen molar-refractivity contribution in [1.29, 1.82) is 0 Å². The molecule has 1 heterocycles. The summed E-state index contributed by atoms with van der Waals surface area (Å²) in [5.74, 6) is 1.21. The van der Waals surface area contributed by atoms with Gasteiger partial charge in [0, 0.05) is 0 Å². The van der Waals surface area contributed by atoms with Crippen LogP contribution in [-0.4, -0.2) is 18.3 Å². The maximum Gasteiger partial charge on any atom is 0.286 e. The fourth-order valence-electron chi connectivity index (χ4n) is 3.20. The second-order valence-electron chi connectivity index (χ2n) is 6.22. The van der Waals surface area contributed by atoms with Gasteiger partial charge < -0.3 is 9.64 Å². The third-order valence-corrected chi connectivity index (χ3v) is 5.66. The Balaban J connectivity index is 2.12. The van der Waals surface area contributed by atoms with Crippen LogP contribution in [-0.2, 0) is 16.5 Å². The smallest absolute Gasteiger partial charge is 0.286 e. The molecule has 0 aliphatic carbocycles. The van der Waals surface area contributed by atoms with Crippen molar-refractivity contribution in [2.24, 2.45) is 0 Å². The molecule has 0 bridgehead atoms. The molecule has 6 heteroatoms. The van der Waals surface area contributed by atoms with Crippen LogP contribution in [0.15, 0.2) is 42.5 Å². The largest absolute Gasteiger partial charge is 0.453 e. The van der Waals surface area contributed by atoms with Gasteiger partial charge in [-0.25, -0.2) is 0 Å². The lowest BCUT2D eigenvalue weighted by atomic mass is 10.1. The van der Waals surface area contributed by atoms with E-state index < -0.39 is 15.5 Å². The minimum Gasteiger partial charge on any atom is -0.453 e. The molecule has 1 N–H and O–H groups in total. The highest BCUT2D eigenvalue weighted by Gasteiger charge is 2.35. The lowest BCUT2D eigenvalue weighted by Gasteiger charge is -2.36. The molecule has 3 rings (SSSR count). The Bertz CT molecular complexity index is 863. The molecule has 5 nitrogen and oxygen atoms in total. The van der Waals surface area contributed by atoms with E-state index in [1.165, 1.54) is 0 Å². The molecule has 1 aliphatic rings. The van der Waals surface area contributed by atoms with Crippen LogP contribution in [0.3, 0.4) is 0 Å². The monoisotopic (exact) mass is 361 g/mol. The average molecular weight is 361 g/mol. The maximum absolute atomic E-state index is 12.0. The van der Waals surface area contributed by atoms with Crippen LogP contribution in [0, 0.1) is 0 Å². The van der Waals surface area contributed by atoms with Crippen LogP contribution in [0.2, 0.25) is 0 Å². The van der Waals surface area contributed by atoms with Crippen molar-refractivity contribution >= 4 is 21.5 Å². The van der Waals surface area contributed by atoms with Gasteiger partial charge in [-0.05, 0) is 49.1 Å². The van der Waals surface area contributed by atoms with E-state index in [9.17, 15) is 13.0 Å². The van der Waals surface area contributed by atoms with Gasteiger partial charge in [-0.1, -0.05) is 38.5 Å². The summed E-state index contributed by atoms with van der Waals surface area (Å²) < 4.78 is 39.7. The van der Waals surface area contributed by atoms with Gasteiger partial charge in [0.15, 0.2) is 16.9 Å². The Morgan fingerprint density at radius 2 is 1.80 bits per heavy atom. The lowest BCUT2D eigenvalue weighted by molar-refractivity contribution is 0.451. The van der Waals surface area contributed by atoms with Gasteiger partial charge in [0.2, 0.25) is 0 Å². The fourth-order valence-corrected chi connectivity index (χ4v) is 4.12. The number of ether oxygens (including phenoxy) is 1. The molecule has 0 radical (unpaired) electrons. The first-order valence-corrected chi connectivity index (χ1v) is 10.1. The SMILES string of the molecule is CCCCc1ccc2c(c1)Oc1ccccc1N2C(CC)S(=O)(=O)O. The Labute approximate surface area is 149 Å². The Kier molecular flexibility index (Phi) is 5.01. The molecule has 0 saturated carbocycles. The number of aryl methyl sites for hydroxylation is 1. The second kappa shape index (κ2) is 7.06. The zero-order valence-corrected chi connectivity index (χ0v) is 15.3. The van der Waals surface area contributed by atoms with Crippen LogP contribution < -0.4 is 9.64 Å². The number of benzene rings is 2. The zero-order valence-electron chi connectivity index (χ0n) is 14.5. The predicted molar refractivity (Wildman–Crippen MR) is 99.3 cm³/mol. The summed E-state index contributed by atoms with van der Waals surface area (Å²) in [5, 5.41) is -1.06. The topological polar surface area (TPSA) is 66.8 Å². The highest BCUT2D eigenvalue weighted by atomic mass is 32.2. The summed E-state index contributed by atoms with van der Waals surface area (Å²) in [6.07, 6.45) is 3.39. The molecule has 0 saturated heterocycles. The van der Waals surface area contributed by atoms with Crippen molar-refractivity contribution in [2.45, 2.75) is 44.9 Å². The van der Waals surface area contributed by atoms with E-state index in [2.05, 4.69) is 6.92 Å². The van der Waals surface area contributed by atoms with Gasteiger partial charge >= 0.3 is 0 Å². The van der Waals surface area contributed by atoms with E-state index in [1.807, 2.05) is 30.3 Å². The number of hydrogen-bond acceptors (Lipinski definition) is 4. The molecule has 2 aromatic rings. The highest BCUT2D eigenvalue weighted by Crippen LogP contribution is 2.48. The molecule has 2 aromatic carbocycles. The highest BCUT2D eigenvalue weighted by molar-refractivity contribution is 7.86. The van der Waals surface area contributed by atoms with Crippen LogP contribution in [0.5, 0.6) is 11.5 Å². The van der Waals surface area contributed by atoms with Crippen molar-refractivity contribution in [2.75, 3.05) is 4.90 Å². The number of nitrogens with zero attached hydrogens (tertiary/aromatic N) is 1. The Hall–Kier alpha value is -2.05. The van der Waals surface area contributed by atoms with Crippen molar-refractivity contribution in [1.82, 2.24) is 0 Å². The quantitative estimate of drug-likeness (QED) is 0.742. The fraction of sp³-hybridized carbons (Fsp3) is 0.368. The van der Waals surface area contributed by atoms with Crippen molar-refractivity contribution in [3.8, 4) is 11.5 Å². The molecule has 1 unspecified atom stereocenters. The summed E-state index contributed by atoms with van der Waals surface area (Å²) in [5.41, 5.74) is 2.45. The van der Waals surface area contributed by atoms with Crippen molar-refractivity contribution < 1.29 is 17.7 Å². The van der Waals surface area contributed by atoms with Gasteiger partial charge in [-0.3, -0.25) is 4.55 Å². The number of rotatable bonds is 6. The minimum absolute atomic E-state index is 0.254. The molecule has 0 fully saturated rings. The van der Waals surface area contributed by atoms with Crippen LogP contribution in [0.25, 0.3) is 0 Å². The number of para-hydroxylation sites is 2. The average Bonchev–Trinajstić information content (AvgIpc) is 2.58. The first-order valence-electron chi connectivity index (χ1n) is 8.61. The number of fused-ring (bicyclic) bond motifs is 2. The molecular formula is C19H23NO4S. The van der Waals surface area contributed by atoms with Gasteiger partial charge in [0.1, 0.15) is 0 Å². The van der Waals surface area contributed by atoms with Crippen molar-refractivity contribution in [3.63, 3.8) is 0 Å². The normalized spacial score (nSPS) is 14.4. The summed E-state index contributed by atoms with van der Waals surface area (Å²) >= 11 is 0. The predicted octanol–water partition coefficient (Wildman–Crippen LogP) is 4.90. The van der Waals surface area contributed by atoms with Gasteiger partial charge in [0.05, 0.1) is 11.4 Å². The molecule has 25 heavy (non-hydrogen) atoms. The molecule has 134 valence electrons. The minimum atomic E-state index is -4.25.